The second-order valence-electron chi connectivity index (χ2n) is 4.44. The van der Waals surface area contributed by atoms with Crippen LogP contribution in [0.5, 0.6) is 11.6 Å². The highest BCUT2D eigenvalue weighted by Crippen LogP contribution is 2.32. The molecule has 0 saturated carbocycles. The zero-order valence-corrected chi connectivity index (χ0v) is 12.4. The van der Waals surface area contributed by atoms with Gasteiger partial charge in [-0.3, -0.25) is 0 Å². The van der Waals surface area contributed by atoms with Crippen molar-refractivity contribution in [2.24, 2.45) is 0 Å². The molecule has 2 heterocycles. The summed E-state index contributed by atoms with van der Waals surface area (Å²) < 4.78 is 5.93. The average molecular weight is 296 g/mol. The van der Waals surface area contributed by atoms with Gasteiger partial charge in [-0.2, -0.15) is 10.2 Å². The maximum atomic E-state index is 9.00. The van der Waals surface area contributed by atoms with Crippen molar-refractivity contribution < 1.29 is 4.74 Å². The average Bonchev–Trinajstić information content (AvgIpc) is 2.98. The largest absolute Gasteiger partial charge is 0.438 e. The van der Waals surface area contributed by atoms with Crippen LogP contribution in [0.1, 0.15) is 11.1 Å². The van der Waals surface area contributed by atoms with E-state index in [9.17, 15) is 0 Å². The van der Waals surface area contributed by atoms with Crippen LogP contribution in [0.15, 0.2) is 29.6 Å². The second-order valence-corrected chi connectivity index (χ2v) is 5.33. The number of nitrogens with zero attached hydrogens (tertiary/aromatic N) is 3. The number of hydrogen-bond donors (Lipinski definition) is 1. The summed E-state index contributed by atoms with van der Waals surface area (Å²) in [6.07, 6.45) is 0. The Morgan fingerprint density at radius 3 is 2.90 bits per heavy atom. The molecule has 6 heteroatoms. The lowest BCUT2D eigenvalue weighted by atomic mass is 10.1. The highest BCUT2D eigenvalue weighted by atomic mass is 32.1. The Hall–Kier alpha value is -2.65. The Balaban J connectivity index is 2.09. The van der Waals surface area contributed by atoms with Crippen LogP contribution in [0.25, 0.3) is 10.2 Å². The van der Waals surface area contributed by atoms with E-state index in [-0.39, 0.29) is 0 Å². The Morgan fingerprint density at radius 1 is 1.29 bits per heavy atom. The number of aryl methyl sites for hydroxylation is 1. The maximum absolute atomic E-state index is 9.00. The lowest BCUT2D eigenvalue weighted by Crippen LogP contribution is -1.99. The molecule has 0 radical (unpaired) electrons. The molecule has 0 bridgehead atoms. The number of thiophene rings is 1. The standard InChI is InChI=1S/C15H12N4OS/c1-9-3-4-10(8-16)7-12(9)20-13-11-5-6-21-14(11)19-15(17-2)18-13/h3-7H,1-2H3,(H,17,18,19). The van der Waals surface area contributed by atoms with Crippen LogP contribution in [-0.2, 0) is 0 Å². The zero-order chi connectivity index (χ0) is 14.8. The zero-order valence-electron chi connectivity index (χ0n) is 11.5. The minimum absolute atomic E-state index is 0.490. The van der Waals surface area contributed by atoms with E-state index >= 15 is 0 Å². The van der Waals surface area contributed by atoms with E-state index in [2.05, 4.69) is 21.4 Å². The van der Waals surface area contributed by atoms with Crippen molar-refractivity contribution in [1.82, 2.24) is 9.97 Å². The number of aromatic nitrogens is 2. The van der Waals surface area contributed by atoms with Gasteiger partial charge >= 0.3 is 0 Å². The third kappa shape index (κ3) is 2.51. The van der Waals surface area contributed by atoms with Gasteiger partial charge in [-0.1, -0.05) is 6.07 Å². The topological polar surface area (TPSA) is 70.8 Å². The molecule has 1 N–H and O–H groups in total. The first-order valence-corrected chi connectivity index (χ1v) is 7.21. The van der Waals surface area contributed by atoms with Crippen molar-refractivity contribution in [2.75, 3.05) is 12.4 Å². The summed E-state index contributed by atoms with van der Waals surface area (Å²) >= 11 is 1.53. The summed E-state index contributed by atoms with van der Waals surface area (Å²) in [5.74, 6) is 1.63. The number of nitrogens with one attached hydrogen (secondary N) is 1. The molecule has 0 amide bonds. The summed E-state index contributed by atoms with van der Waals surface area (Å²) in [6, 6.07) is 9.38. The molecule has 0 aliphatic carbocycles. The van der Waals surface area contributed by atoms with E-state index in [4.69, 9.17) is 10.00 Å². The van der Waals surface area contributed by atoms with E-state index in [1.807, 2.05) is 24.4 Å². The van der Waals surface area contributed by atoms with Gasteiger partial charge in [-0.05, 0) is 36.1 Å². The molecule has 3 aromatic rings. The van der Waals surface area contributed by atoms with Gasteiger partial charge in [0, 0.05) is 7.05 Å². The highest BCUT2D eigenvalue weighted by Gasteiger charge is 2.12. The van der Waals surface area contributed by atoms with Gasteiger partial charge < -0.3 is 10.1 Å². The number of rotatable bonds is 3. The Morgan fingerprint density at radius 2 is 2.14 bits per heavy atom. The summed E-state index contributed by atoms with van der Waals surface area (Å²) in [4.78, 5) is 9.60. The van der Waals surface area contributed by atoms with Crippen LogP contribution in [0.2, 0.25) is 0 Å². The first-order chi connectivity index (χ1) is 10.2. The number of ether oxygens (including phenoxy) is 1. The SMILES string of the molecule is CNc1nc(Oc2cc(C#N)ccc2C)c2ccsc2n1. The normalized spacial score (nSPS) is 10.3. The van der Waals surface area contributed by atoms with Crippen LogP contribution in [0, 0.1) is 18.3 Å². The predicted octanol–water partition coefficient (Wildman–Crippen LogP) is 3.71. The van der Waals surface area contributed by atoms with Crippen LogP contribution in [0.3, 0.4) is 0 Å². The molecular weight excluding hydrogens is 284 g/mol. The van der Waals surface area contributed by atoms with Crippen molar-refractivity contribution in [3.05, 3.63) is 40.8 Å². The van der Waals surface area contributed by atoms with Gasteiger partial charge in [0.1, 0.15) is 10.6 Å². The summed E-state index contributed by atoms with van der Waals surface area (Å²) in [5, 5.41) is 14.7. The van der Waals surface area contributed by atoms with Gasteiger partial charge in [0.05, 0.1) is 17.0 Å². The molecule has 2 aromatic heterocycles. The van der Waals surface area contributed by atoms with Crippen molar-refractivity contribution in [1.29, 1.82) is 5.26 Å². The van der Waals surface area contributed by atoms with Crippen LogP contribution >= 0.6 is 11.3 Å². The monoisotopic (exact) mass is 296 g/mol. The number of nitriles is 1. The van der Waals surface area contributed by atoms with Crippen LogP contribution < -0.4 is 10.1 Å². The van der Waals surface area contributed by atoms with E-state index in [1.54, 1.807) is 19.2 Å². The van der Waals surface area contributed by atoms with Crippen molar-refractivity contribution in [3.63, 3.8) is 0 Å². The highest BCUT2D eigenvalue weighted by molar-refractivity contribution is 7.16. The first-order valence-electron chi connectivity index (χ1n) is 6.33. The van der Waals surface area contributed by atoms with Gasteiger partial charge in [-0.25, -0.2) is 4.98 Å². The fraction of sp³-hybridized carbons (Fsp3) is 0.133. The van der Waals surface area contributed by atoms with Crippen molar-refractivity contribution >= 4 is 27.5 Å². The molecule has 21 heavy (non-hydrogen) atoms. The summed E-state index contributed by atoms with van der Waals surface area (Å²) in [7, 11) is 1.76. The lowest BCUT2D eigenvalue weighted by molar-refractivity contribution is 0.465. The molecule has 104 valence electrons. The van der Waals surface area contributed by atoms with Gasteiger partial charge in [0.15, 0.2) is 0 Å². The second kappa shape index (κ2) is 5.38. The number of hydrogen-bond acceptors (Lipinski definition) is 6. The molecular formula is C15H12N4OS. The van der Waals surface area contributed by atoms with Crippen LogP contribution in [0.4, 0.5) is 5.95 Å². The lowest BCUT2D eigenvalue weighted by Gasteiger charge is -2.10. The Labute approximate surface area is 125 Å². The first kappa shape index (κ1) is 13.3. The third-order valence-electron chi connectivity index (χ3n) is 3.04. The van der Waals surface area contributed by atoms with Crippen molar-refractivity contribution in [3.8, 4) is 17.7 Å². The smallest absolute Gasteiger partial charge is 0.232 e. The Kier molecular flexibility index (Phi) is 3.42. The number of anilines is 1. The van der Waals surface area contributed by atoms with Gasteiger partial charge in [-0.15, -0.1) is 11.3 Å². The van der Waals surface area contributed by atoms with E-state index < -0.39 is 0 Å². The molecule has 1 aromatic carbocycles. The van der Waals surface area contributed by atoms with E-state index in [1.165, 1.54) is 11.3 Å². The van der Waals surface area contributed by atoms with E-state index in [0.717, 1.165) is 15.8 Å². The summed E-state index contributed by atoms with van der Waals surface area (Å²) in [5.41, 5.74) is 1.50. The molecule has 0 aliphatic heterocycles. The maximum Gasteiger partial charge on any atom is 0.232 e. The minimum atomic E-state index is 0.490. The van der Waals surface area contributed by atoms with Crippen molar-refractivity contribution in [2.45, 2.75) is 6.92 Å². The van der Waals surface area contributed by atoms with E-state index in [0.29, 0.717) is 23.1 Å². The fourth-order valence-corrected chi connectivity index (χ4v) is 2.66. The molecule has 0 atom stereocenters. The number of fused-ring (bicyclic) bond motifs is 1. The fourth-order valence-electron chi connectivity index (χ4n) is 1.90. The number of benzene rings is 1. The molecule has 0 spiro atoms. The molecule has 0 unspecified atom stereocenters. The summed E-state index contributed by atoms with van der Waals surface area (Å²) in [6.45, 7) is 1.93. The Bertz CT molecular complexity index is 850. The quantitative estimate of drug-likeness (QED) is 0.798. The molecule has 3 rings (SSSR count). The molecule has 0 saturated heterocycles. The van der Waals surface area contributed by atoms with Gasteiger partial charge in [0.25, 0.3) is 0 Å². The molecule has 5 nitrogen and oxygen atoms in total. The molecule has 0 aliphatic rings. The van der Waals surface area contributed by atoms with Gasteiger partial charge in [0.2, 0.25) is 11.8 Å². The molecule has 0 fully saturated rings. The van der Waals surface area contributed by atoms with Crippen LogP contribution in [-0.4, -0.2) is 17.0 Å². The third-order valence-corrected chi connectivity index (χ3v) is 3.84. The predicted molar refractivity (Wildman–Crippen MR) is 82.9 cm³/mol. The minimum Gasteiger partial charge on any atom is -0.438 e.